The molecule has 5 rings (SSSR count). The number of carbonyl (C=O) groups is 4. The van der Waals surface area contributed by atoms with Crippen LogP contribution >= 0.6 is 0 Å². The lowest BCUT2D eigenvalue weighted by Gasteiger charge is -2.19. The van der Waals surface area contributed by atoms with Crippen molar-refractivity contribution in [2.45, 2.75) is 20.3 Å². The Hall–Kier alpha value is -3.74. The third-order valence-corrected chi connectivity index (χ3v) is 6.88. The molecule has 3 amide bonds. The molecule has 2 aromatic rings. The van der Waals surface area contributed by atoms with Crippen molar-refractivity contribution in [3.8, 4) is 0 Å². The molecule has 0 spiro atoms. The molecular formula is C26H24N2O5. The van der Waals surface area contributed by atoms with Crippen LogP contribution in [-0.2, 0) is 19.1 Å². The molecule has 2 bridgehead atoms. The van der Waals surface area contributed by atoms with Crippen molar-refractivity contribution < 1.29 is 23.9 Å². The predicted molar refractivity (Wildman–Crippen MR) is 121 cm³/mol. The maximum absolute atomic E-state index is 13.0. The number of nitrogens with one attached hydrogen (secondary N) is 1. The number of carbonyl (C=O) groups excluding carboxylic acids is 4. The first-order valence-corrected chi connectivity index (χ1v) is 11.0. The van der Waals surface area contributed by atoms with E-state index in [0.717, 1.165) is 12.0 Å². The van der Waals surface area contributed by atoms with Gasteiger partial charge in [-0.15, -0.1) is 0 Å². The minimum atomic E-state index is -0.658. The lowest BCUT2D eigenvalue weighted by atomic mass is 9.82. The lowest BCUT2D eigenvalue weighted by Crippen LogP contribution is -2.33. The Morgan fingerprint density at radius 3 is 2.48 bits per heavy atom. The molecule has 1 saturated carbocycles. The minimum Gasteiger partial charge on any atom is -0.452 e. The zero-order valence-corrected chi connectivity index (χ0v) is 18.4. The largest absolute Gasteiger partial charge is 0.452 e. The van der Waals surface area contributed by atoms with E-state index in [1.807, 2.05) is 32.0 Å². The number of ether oxygens (including phenoxy) is 1. The highest BCUT2D eigenvalue weighted by molar-refractivity contribution is 6.23. The van der Waals surface area contributed by atoms with Crippen LogP contribution < -0.4 is 10.2 Å². The summed E-state index contributed by atoms with van der Waals surface area (Å²) in [6.07, 6.45) is 3.02. The molecule has 2 aliphatic carbocycles. The first kappa shape index (κ1) is 21.1. The molecule has 1 heterocycles. The average molecular weight is 444 g/mol. The number of rotatable bonds is 5. The van der Waals surface area contributed by atoms with Gasteiger partial charge in [0.1, 0.15) is 0 Å². The van der Waals surface area contributed by atoms with E-state index in [0.29, 0.717) is 11.4 Å². The van der Waals surface area contributed by atoms with Crippen molar-refractivity contribution in [2.75, 3.05) is 16.8 Å². The number of allylic oxidation sites excluding steroid dienone is 2. The summed E-state index contributed by atoms with van der Waals surface area (Å²) < 4.78 is 5.10. The topological polar surface area (TPSA) is 92.8 Å². The summed E-state index contributed by atoms with van der Waals surface area (Å²) in [5.74, 6) is -1.67. The molecular weight excluding hydrogens is 420 g/mol. The third kappa shape index (κ3) is 3.63. The fraction of sp³-hybridized carbons (Fsp3) is 0.308. The fourth-order valence-electron chi connectivity index (χ4n) is 5.41. The van der Waals surface area contributed by atoms with Gasteiger partial charge in [-0.3, -0.25) is 19.3 Å². The van der Waals surface area contributed by atoms with Crippen LogP contribution in [0.4, 0.5) is 11.4 Å². The Bertz CT molecular complexity index is 1200. The van der Waals surface area contributed by atoms with E-state index in [2.05, 4.69) is 11.4 Å². The first-order chi connectivity index (χ1) is 15.8. The van der Waals surface area contributed by atoms with E-state index in [1.165, 1.54) is 22.6 Å². The summed E-state index contributed by atoms with van der Waals surface area (Å²) in [4.78, 5) is 51.7. The number of nitrogens with zero attached hydrogens (tertiary/aromatic N) is 1. The van der Waals surface area contributed by atoms with Gasteiger partial charge in [-0.1, -0.05) is 23.8 Å². The monoisotopic (exact) mass is 444 g/mol. The van der Waals surface area contributed by atoms with E-state index in [9.17, 15) is 19.2 Å². The number of hydrogen-bond acceptors (Lipinski definition) is 5. The van der Waals surface area contributed by atoms with Crippen LogP contribution in [0.25, 0.3) is 0 Å². The Morgan fingerprint density at radius 2 is 1.76 bits per heavy atom. The molecule has 1 aliphatic heterocycles. The number of hydrogen-bond donors (Lipinski definition) is 1. The summed E-state index contributed by atoms with van der Waals surface area (Å²) in [6.45, 7) is 3.52. The third-order valence-electron chi connectivity index (χ3n) is 6.88. The van der Waals surface area contributed by atoms with Gasteiger partial charge in [0.2, 0.25) is 11.8 Å². The highest BCUT2D eigenvalue weighted by atomic mass is 16.5. The molecule has 2 aromatic carbocycles. The number of anilines is 2. The highest BCUT2D eigenvalue weighted by Gasteiger charge is 2.60. The second-order valence-electron chi connectivity index (χ2n) is 9.02. The standard InChI is InChI=1S/C26H24N2O5/c1-14-4-3-5-18(10-14)27-21(29)13-33-26(32)16-6-8-19(9-7-16)28-24(30)22-17-11-15(2)20(12-17)23(22)25(28)31/h3-11,17,20,22-23H,12-13H2,1-2H3,(H,27,29)/t17-,20+,22+,23-/m0/s1. The van der Waals surface area contributed by atoms with Crippen molar-refractivity contribution in [1.29, 1.82) is 0 Å². The highest BCUT2D eigenvalue weighted by Crippen LogP contribution is 2.55. The van der Waals surface area contributed by atoms with Gasteiger partial charge < -0.3 is 10.1 Å². The first-order valence-electron chi connectivity index (χ1n) is 11.0. The van der Waals surface area contributed by atoms with Crippen molar-refractivity contribution in [1.82, 2.24) is 0 Å². The van der Waals surface area contributed by atoms with E-state index in [1.54, 1.807) is 18.2 Å². The number of fused-ring (bicyclic) bond motifs is 5. The number of esters is 1. The number of aryl methyl sites for hydroxylation is 1. The van der Waals surface area contributed by atoms with E-state index in [4.69, 9.17) is 4.74 Å². The molecule has 7 nitrogen and oxygen atoms in total. The van der Waals surface area contributed by atoms with E-state index >= 15 is 0 Å². The predicted octanol–water partition coefficient (Wildman–Crippen LogP) is 3.49. The maximum Gasteiger partial charge on any atom is 0.338 e. The molecule has 7 heteroatoms. The van der Waals surface area contributed by atoms with Gasteiger partial charge in [-0.25, -0.2) is 4.79 Å². The summed E-state index contributed by atoms with van der Waals surface area (Å²) in [5, 5.41) is 2.68. The van der Waals surface area contributed by atoms with Crippen molar-refractivity contribution in [3.63, 3.8) is 0 Å². The molecule has 1 N–H and O–H groups in total. The van der Waals surface area contributed by atoms with E-state index < -0.39 is 18.5 Å². The van der Waals surface area contributed by atoms with Crippen LogP contribution in [0, 0.1) is 30.6 Å². The Balaban J connectivity index is 1.21. The lowest BCUT2D eigenvalue weighted by molar-refractivity contribution is -0.123. The van der Waals surface area contributed by atoms with Crippen LogP contribution in [0.1, 0.15) is 29.3 Å². The zero-order valence-electron chi connectivity index (χ0n) is 18.4. The van der Waals surface area contributed by atoms with Crippen LogP contribution in [0.15, 0.2) is 60.2 Å². The van der Waals surface area contributed by atoms with Crippen molar-refractivity contribution in [3.05, 3.63) is 71.3 Å². The summed E-state index contributed by atoms with van der Waals surface area (Å²) in [6, 6.07) is 13.5. The normalized spacial score (nSPS) is 25.2. The Labute approximate surface area is 191 Å². The molecule has 0 unspecified atom stereocenters. The molecule has 2 fully saturated rings. The molecule has 33 heavy (non-hydrogen) atoms. The van der Waals surface area contributed by atoms with Gasteiger partial charge in [-0.2, -0.15) is 0 Å². The molecule has 168 valence electrons. The second kappa shape index (κ2) is 7.99. The van der Waals surface area contributed by atoms with Gasteiger partial charge in [0.05, 0.1) is 23.1 Å². The second-order valence-corrected chi connectivity index (χ2v) is 9.02. The van der Waals surface area contributed by atoms with Crippen LogP contribution in [0.5, 0.6) is 0 Å². The van der Waals surface area contributed by atoms with Crippen LogP contribution in [0.2, 0.25) is 0 Å². The SMILES string of the molecule is CC1=C[C@H]2C[C@H]1[C@@H]1C(=O)N(c3ccc(C(=O)OCC(=O)Nc4cccc(C)c4)cc3)C(=O)[C@@H]12. The summed E-state index contributed by atoms with van der Waals surface area (Å²) in [7, 11) is 0. The zero-order chi connectivity index (χ0) is 23.3. The number of amides is 3. The summed E-state index contributed by atoms with van der Waals surface area (Å²) in [5.41, 5.74) is 3.52. The van der Waals surface area contributed by atoms with Gasteiger partial charge in [0, 0.05) is 5.69 Å². The Morgan fingerprint density at radius 1 is 1.03 bits per heavy atom. The quantitative estimate of drug-likeness (QED) is 0.433. The molecule has 0 aromatic heterocycles. The van der Waals surface area contributed by atoms with Crippen molar-refractivity contribution in [2.24, 2.45) is 23.7 Å². The average Bonchev–Trinajstić information content (AvgIpc) is 3.42. The van der Waals surface area contributed by atoms with E-state index in [-0.39, 0.29) is 41.0 Å². The van der Waals surface area contributed by atoms with Crippen molar-refractivity contribution >= 4 is 35.1 Å². The molecule has 0 radical (unpaired) electrons. The molecule has 4 atom stereocenters. The number of imide groups is 1. The minimum absolute atomic E-state index is 0.140. The molecule has 1 saturated heterocycles. The maximum atomic E-state index is 13.0. The van der Waals surface area contributed by atoms with Gasteiger partial charge >= 0.3 is 5.97 Å². The van der Waals surface area contributed by atoms with Crippen LogP contribution in [-0.4, -0.2) is 30.3 Å². The fourth-order valence-corrected chi connectivity index (χ4v) is 5.41. The van der Waals surface area contributed by atoms with Gasteiger partial charge in [0.15, 0.2) is 6.61 Å². The Kier molecular flexibility index (Phi) is 5.12. The summed E-state index contributed by atoms with van der Waals surface area (Å²) >= 11 is 0. The number of benzene rings is 2. The van der Waals surface area contributed by atoms with Crippen LogP contribution in [0.3, 0.4) is 0 Å². The smallest absolute Gasteiger partial charge is 0.338 e. The molecule has 3 aliphatic rings. The van der Waals surface area contributed by atoms with Gasteiger partial charge in [0.25, 0.3) is 5.91 Å². The van der Waals surface area contributed by atoms with Gasteiger partial charge in [-0.05, 0) is 74.1 Å².